The van der Waals surface area contributed by atoms with Gasteiger partial charge in [0, 0.05) is 0 Å². The highest BCUT2D eigenvalue weighted by atomic mass is 16.2. The molecule has 2 rings (SSSR count). The van der Waals surface area contributed by atoms with Gasteiger partial charge < -0.3 is 11.5 Å². The second-order valence-corrected chi connectivity index (χ2v) is 6.41. The van der Waals surface area contributed by atoms with E-state index >= 15 is 0 Å². The van der Waals surface area contributed by atoms with Crippen LogP contribution in [0.2, 0.25) is 0 Å². The standard InChI is InChI=1S/C19H22N4O3/c1-4-9-23-18(25)15(16(20)22-19(23)26)14(17(21)24)10-12-5-7-13(8-6-12)11(2)3/h1,5-8,11,14H,9-10,20H2,2-3H3,(H2,21,24)(H,22,26). The maximum Gasteiger partial charge on any atom is 0.330 e. The van der Waals surface area contributed by atoms with Crippen LogP contribution in [0, 0.1) is 12.3 Å². The minimum atomic E-state index is -0.978. The molecule has 136 valence electrons. The Morgan fingerprint density at radius 3 is 2.38 bits per heavy atom. The largest absolute Gasteiger partial charge is 0.385 e. The van der Waals surface area contributed by atoms with Gasteiger partial charge in [-0.05, 0) is 23.5 Å². The first-order chi connectivity index (χ1) is 12.3. The fourth-order valence-corrected chi connectivity index (χ4v) is 2.79. The molecular weight excluding hydrogens is 332 g/mol. The van der Waals surface area contributed by atoms with Gasteiger partial charge in [-0.25, -0.2) is 9.36 Å². The Kier molecular flexibility index (Phi) is 5.68. The molecule has 0 bridgehead atoms. The zero-order valence-corrected chi connectivity index (χ0v) is 14.8. The highest BCUT2D eigenvalue weighted by Gasteiger charge is 2.26. The van der Waals surface area contributed by atoms with Crippen LogP contribution < -0.4 is 22.7 Å². The Hall–Kier alpha value is -3.27. The monoisotopic (exact) mass is 354 g/mol. The number of rotatable bonds is 6. The molecular formula is C19H22N4O3. The predicted octanol–water partition coefficient (Wildman–Crippen LogP) is 0.687. The molecule has 1 aromatic heterocycles. The quantitative estimate of drug-likeness (QED) is 0.660. The molecule has 0 spiro atoms. The average molecular weight is 354 g/mol. The average Bonchev–Trinajstić information content (AvgIpc) is 2.57. The van der Waals surface area contributed by atoms with Crippen molar-refractivity contribution in [1.82, 2.24) is 9.55 Å². The topological polar surface area (TPSA) is 124 Å². The molecule has 2 aromatic rings. The molecule has 7 nitrogen and oxygen atoms in total. The lowest BCUT2D eigenvalue weighted by atomic mass is 9.91. The molecule has 0 aliphatic rings. The number of terminal acetylenes is 1. The SMILES string of the molecule is C#CCn1c(=O)[nH]c(N)c(C(Cc2ccc(C(C)C)cc2)C(N)=O)c1=O. The van der Waals surface area contributed by atoms with Gasteiger partial charge >= 0.3 is 5.69 Å². The number of primary amides is 1. The number of hydrogen-bond donors (Lipinski definition) is 3. The number of anilines is 1. The van der Waals surface area contributed by atoms with Crippen molar-refractivity contribution in [2.24, 2.45) is 5.73 Å². The van der Waals surface area contributed by atoms with E-state index in [1.807, 2.05) is 24.3 Å². The van der Waals surface area contributed by atoms with E-state index in [0.717, 1.165) is 15.7 Å². The van der Waals surface area contributed by atoms with E-state index in [9.17, 15) is 14.4 Å². The Morgan fingerprint density at radius 2 is 1.88 bits per heavy atom. The lowest BCUT2D eigenvalue weighted by Crippen LogP contribution is -2.41. The van der Waals surface area contributed by atoms with E-state index in [-0.39, 0.29) is 24.3 Å². The number of nitrogens with zero attached hydrogens (tertiary/aromatic N) is 1. The number of nitrogens with one attached hydrogen (secondary N) is 1. The van der Waals surface area contributed by atoms with Crippen molar-refractivity contribution in [1.29, 1.82) is 0 Å². The number of hydrogen-bond acceptors (Lipinski definition) is 4. The van der Waals surface area contributed by atoms with Crippen LogP contribution in [0.15, 0.2) is 33.9 Å². The van der Waals surface area contributed by atoms with Crippen LogP contribution in [0.25, 0.3) is 0 Å². The molecule has 26 heavy (non-hydrogen) atoms. The fraction of sp³-hybridized carbons (Fsp3) is 0.316. The van der Waals surface area contributed by atoms with Crippen molar-refractivity contribution < 1.29 is 4.79 Å². The molecule has 5 N–H and O–H groups in total. The number of benzene rings is 1. The van der Waals surface area contributed by atoms with Crippen molar-refractivity contribution in [3.8, 4) is 12.3 Å². The third-order valence-electron chi connectivity index (χ3n) is 4.28. The number of aromatic amines is 1. The highest BCUT2D eigenvalue weighted by Crippen LogP contribution is 2.23. The first kappa shape index (κ1) is 19.1. The van der Waals surface area contributed by atoms with Crippen molar-refractivity contribution in [3.05, 3.63) is 61.8 Å². The van der Waals surface area contributed by atoms with Gasteiger partial charge in [0.1, 0.15) is 5.82 Å². The second-order valence-electron chi connectivity index (χ2n) is 6.41. The van der Waals surface area contributed by atoms with Crippen LogP contribution in [-0.2, 0) is 17.8 Å². The summed E-state index contributed by atoms with van der Waals surface area (Å²) >= 11 is 0. The third kappa shape index (κ3) is 3.86. The van der Waals surface area contributed by atoms with Gasteiger partial charge in [-0.2, -0.15) is 0 Å². The summed E-state index contributed by atoms with van der Waals surface area (Å²) in [4.78, 5) is 38.9. The van der Waals surface area contributed by atoms with E-state index in [1.54, 1.807) is 0 Å². The lowest BCUT2D eigenvalue weighted by Gasteiger charge is -2.17. The van der Waals surface area contributed by atoms with Crippen LogP contribution >= 0.6 is 0 Å². The van der Waals surface area contributed by atoms with Crippen LogP contribution in [-0.4, -0.2) is 15.5 Å². The van der Waals surface area contributed by atoms with Gasteiger partial charge in [0.2, 0.25) is 5.91 Å². The second kappa shape index (κ2) is 7.74. The van der Waals surface area contributed by atoms with Gasteiger partial charge in [-0.15, -0.1) is 6.42 Å². The van der Waals surface area contributed by atoms with Crippen LogP contribution in [0.5, 0.6) is 0 Å². The molecule has 1 aromatic carbocycles. The Balaban J connectivity index is 2.50. The van der Waals surface area contributed by atoms with Crippen molar-refractivity contribution in [2.45, 2.75) is 38.6 Å². The van der Waals surface area contributed by atoms with Crippen LogP contribution in [0.3, 0.4) is 0 Å². The molecule has 0 saturated carbocycles. The summed E-state index contributed by atoms with van der Waals surface area (Å²) in [7, 11) is 0. The molecule has 1 heterocycles. The lowest BCUT2D eigenvalue weighted by molar-refractivity contribution is -0.119. The summed E-state index contributed by atoms with van der Waals surface area (Å²) in [6, 6.07) is 7.69. The van der Waals surface area contributed by atoms with Gasteiger partial charge in [-0.1, -0.05) is 44.0 Å². The summed E-state index contributed by atoms with van der Waals surface area (Å²) in [6.45, 7) is 3.93. The molecule has 0 fully saturated rings. The molecule has 0 aliphatic heterocycles. The van der Waals surface area contributed by atoms with Gasteiger partial charge in [0.05, 0.1) is 18.0 Å². The zero-order valence-electron chi connectivity index (χ0n) is 14.8. The van der Waals surface area contributed by atoms with Gasteiger partial charge in [0.15, 0.2) is 0 Å². The third-order valence-corrected chi connectivity index (χ3v) is 4.28. The Labute approximate surface area is 151 Å². The maximum absolute atomic E-state index is 12.6. The first-order valence-corrected chi connectivity index (χ1v) is 8.20. The summed E-state index contributed by atoms with van der Waals surface area (Å²) < 4.78 is 0.823. The van der Waals surface area contributed by atoms with E-state index < -0.39 is 23.1 Å². The summed E-state index contributed by atoms with van der Waals surface area (Å²) in [5.74, 6) is 0.753. The van der Waals surface area contributed by atoms with Crippen LogP contribution in [0.1, 0.15) is 42.4 Å². The zero-order chi connectivity index (χ0) is 19.4. The van der Waals surface area contributed by atoms with Crippen molar-refractivity contribution in [2.75, 3.05) is 5.73 Å². The first-order valence-electron chi connectivity index (χ1n) is 8.20. The number of carbonyl (C=O) groups excluding carboxylic acids is 1. The summed E-state index contributed by atoms with van der Waals surface area (Å²) in [6.07, 6.45) is 5.39. The van der Waals surface area contributed by atoms with E-state index in [2.05, 4.69) is 24.8 Å². The van der Waals surface area contributed by atoms with Gasteiger partial charge in [-0.3, -0.25) is 14.6 Å². The minimum absolute atomic E-state index is 0.0414. The number of nitrogens with two attached hydrogens (primary N) is 2. The molecule has 1 unspecified atom stereocenters. The number of aromatic nitrogens is 2. The minimum Gasteiger partial charge on any atom is -0.385 e. The predicted molar refractivity (Wildman–Crippen MR) is 101 cm³/mol. The number of H-pyrrole nitrogens is 1. The Morgan fingerprint density at radius 1 is 1.27 bits per heavy atom. The molecule has 1 amide bonds. The molecule has 1 atom stereocenters. The maximum atomic E-state index is 12.6. The molecule has 0 radical (unpaired) electrons. The smallest absolute Gasteiger partial charge is 0.330 e. The highest BCUT2D eigenvalue weighted by molar-refractivity contribution is 5.83. The molecule has 0 saturated heterocycles. The van der Waals surface area contributed by atoms with E-state index in [4.69, 9.17) is 17.9 Å². The van der Waals surface area contributed by atoms with Crippen molar-refractivity contribution >= 4 is 11.7 Å². The van der Waals surface area contributed by atoms with E-state index in [0.29, 0.717) is 5.92 Å². The Bertz CT molecular complexity index is 962. The molecule has 0 aliphatic carbocycles. The number of carbonyl (C=O) groups is 1. The number of nitrogen functional groups attached to an aromatic ring is 1. The summed E-state index contributed by atoms with van der Waals surface area (Å²) in [5, 5.41) is 0. The van der Waals surface area contributed by atoms with Crippen molar-refractivity contribution in [3.63, 3.8) is 0 Å². The summed E-state index contributed by atoms with van der Waals surface area (Å²) in [5.41, 5.74) is 11.9. The normalized spacial score (nSPS) is 11.9. The van der Waals surface area contributed by atoms with Crippen LogP contribution in [0.4, 0.5) is 5.82 Å². The fourth-order valence-electron chi connectivity index (χ4n) is 2.79. The van der Waals surface area contributed by atoms with E-state index in [1.165, 1.54) is 0 Å². The molecule has 7 heteroatoms. The number of amides is 1. The van der Waals surface area contributed by atoms with Gasteiger partial charge in [0.25, 0.3) is 5.56 Å².